The van der Waals surface area contributed by atoms with Gasteiger partial charge in [0, 0.05) is 29.8 Å². The lowest BCUT2D eigenvalue weighted by molar-refractivity contribution is 0.157. The van der Waals surface area contributed by atoms with Crippen LogP contribution in [0.25, 0.3) is 11.4 Å². The Morgan fingerprint density at radius 3 is 2.55 bits per heavy atom. The maximum absolute atomic E-state index is 13.1. The number of β-amino-alcohol motifs (C(OH)–C–C–N with tert-alkyl or cyclic N) is 1. The van der Waals surface area contributed by atoms with Crippen LogP contribution >= 0.6 is 0 Å². The smallest absolute Gasteiger partial charge is 0.181 e. The summed E-state index contributed by atoms with van der Waals surface area (Å²) in [6, 6.07) is 10.8. The van der Waals surface area contributed by atoms with Gasteiger partial charge in [0.15, 0.2) is 5.82 Å². The fraction of sp³-hybridized carbons (Fsp3) is 0.391. The minimum absolute atomic E-state index is 0.00921. The number of aryl methyl sites for hydroxylation is 2. The summed E-state index contributed by atoms with van der Waals surface area (Å²) in [5, 5.41) is 37.4. The lowest BCUT2D eigenvalue weighted by atomic mass is 9.99. The zero-order valence-corrected chi connectivity index (χ0v) is 18.0. The Bertz CT molecular complexity index is 1020. The van der Waals surface area contributed by atoms with Gasteiger partial charge in [-0.05, 0) is 69.2 Å². The Balaban J connectivity index is 1.58. The Hall–Kier alpha value is -2.81. The van der Waals surface area contributed by atoms with Gasteiger partial charge in [-0.15, -0.1) is 0 Å². The van der Waals surface area contributed by atoms with Crippen molar-refractivity contribution in [1.82, 2.24) is 20.1 Å². The fourth-order valence-electron chi connectivity index (χ4n) is 3.26. The molecule has 0 radical (unpaired) electrons. The van der Waals surface area contributed by atoms with E-state index in [1.54, 1.807) is 24.3 Å². The van der Waals surface area contributed by atoms with Crippen LogP contribution in [0.2, 0.25) is 0 Å². The van der Waals surface area contributed by atoms with Crippen molar-refractivity contribution in [2.45, 2.75) is 52.0 Å². The summed E-state index contributed by atoms with van der Waals surface area (Å²) >= 11 is 0. The van der Waals surface area contributed by atoms with E-state index in [4.69, 9.17) is 0 Å². The molecule has 1 heterocycles. The van der Waals surface area contributed by atoms with Crippen molar-refractivity contribution in [2.75, 3.05) is 6.54 Å². The number of aromatic hydroxyl groups is 1. The van der Waals surface area contributed by atoms with Crippen LogP contribution in [0.5, 0.6) is 5.75 Å². The normalized spacial score (nSPS) is 12.8. The second-order valence-corrected chi connectivity index (χ2v) is 8.29. The van der Waals surface area contributed by atoms with Crippen LogP contribution in [0.4, 0.5) is 4.39 Å². The third-order valence-corrected chi connectivity index (χ3v) is 5.34. The standard InChI is InChI=1S/C23H29FN4O3/c1-15-26-22(16-4-7-19(24)8-5-16)27-28(15)11-10-23(2,3)25-13-21(31)17-6-9-20(30)18(12-17)14-29/h4-9,12,21,25,29-31H,10-11,13-14H2,1-3H3. The van der Waals surface area contributed by atoms with Crippen molar-refractivity contribution in [3.05, 3.63) is 65.2 Å². The summed E-state index contributed by atoms with van der Waals surface area (Å²) in [5.41, 5.74) is 1.49. The summed E-state index contributed by atoms with van der Waals surface area (Å²) in [4.78, 5) is 4.48. The van der Waals surface area contributed by atoms with E-state index < -0.39 is 6.10 Å². The average Bonchev–Trinajstić information content (AvgIpc) is 3.12. The van der Waals surface area contributed by atoms with Crippen molar-refractivity contribution in [3.8, 4) is 17.1 Å². The van der Waals surface area contributed by atoms with Gasteiger partial charge in [-0.2, -0.15) is 5.10 Å². The number of aliphatic hydroxyl groups is 2. The molecular formula is C23H29FN4O3. The zero-order chi connectivity index (χ0) is 22.6. The Labute approximate surface area is 181 Å². The molecule has 3 aromatic rings. The molecule has 0 aliphatic carbocycles. The summed E-state index contributed by atoms with van der Waals surface area (Å²) in [7, 11) is 0. The molecule has 3 rings (SSSR count). The highest BCUT2D eigenvalue weighted by Crippen LogP contribution is 2.23. The molecule has 7 nitrogen and oxygen atoms in total. The number of benzene rings is 2. The summed E-state index contributed by atoms with van der Waals surface area (Å²) in [6.07, 6.45) is -0.0343. The van der Waals surface area contributed by atoms with Crippen molar-refractivity contribution >= 4 is 0 Å². The quantitative estimate of drug-likeness (QED) is 0.418. The van der Waals surface area contributed by atoms with Gasteiger partial charge in [-0.1, -0.05) is 6.07 Å². The number of aromatic nitrogens is 3. The summed E-state index contributed by atoms with van der Waals surface area (Å²) < 4.78 is 15.0. The molecule has 0 saturated heterocycles. The lowest BCUT2D eigenvalue weighted by Crippen LogP contribution is -2.42. The third-order valence-electron chi connectivity index (χ3n) is 5.34. The van der Waals surface area contributed by atoms with Gasteiger partial charge in [-0.3, -0.25) is 0 Å². The number of hydrogen-bond donors (Lipinski definition) is 4. The molecule has 0 spiro atoms. The van der Waals surface area contributed by atoms with Crippen LogP contribution in [0, 0.1) is 12.7 Å². The van der Waals surface area contributed by atoms with E-state index in [0.717, 1.165) is 17.8 Å². The largest absolute Gasteiger partial charge is 0.508 e. The number of phenols is 1. The number of nitrogens with zero attached hydrogens (tertiary/aromatic N) is 3. The molecule has 0 bridgehead atoms. The van der Waals surface area contributed by atoms with E-state index in [1.807, 2.05) is 25.5 Å². The molecule has 31 heavy (non-hydrogen) atoms. The van der Waals surface area contributed by atoms with Gasteiger partial charge in [0.1, 0.15) is 17.4 Å². The number of hydrogen-bond acceptors (Lipinski definition) is 6. The zero-order valence-electron chi connectivity index (χ0n) is 18.0. The molecule has 166 valence electrons. The number of halogens is 1. The van der Waals surface area contributed by atoms with E-state index in [9.17, 15) is 19.7 Å². The molecular weight excluding hydrogens is 399 g/mol. The molecule has 1 atom stereocenters. The Morgan fingerprint density at radius 1 is 1.16 bits per heavy atom. The maximum Gasteiger partial charge on any atom is 0.181 e. The van der Waals surface area contributed by atoms with E-state index >= 15 is 0 Å². The van der Waals surface area contributed by atoms with Crippen LogP contribution in [0.1, 0.15) is 43.3 Å². The lowest BCUT2D eigenvalue weighted by Gasteiger charge is -2.28. The molecule has 4 N–H and O–H groups in total. The summed E-state index contributed by atoms with van der Waals surface area (Å²) in [6.45, 7) is 6.63. The van der Waals surface area contributed by atoms with Crippen molar-refractivity contribution < 1.29 is 19.7 Å². The van der Waals surface area contributed by atoms with Gasteiger partial charge in [0.05, 0.1) is 12.7 Å². The first-order valence-corrected chi connectivity index (χ1v) is 10.2. The SMILES string of the molecule is Cc1nc(-c2ccc(F)cc2)nn1CCC(C)(C)NCC(O)c1ccc(O)c(CO)c1. The van der Waals surface area contributed by atoms with Crippen molar-refractivity contribution in [1.29, 1.82) is 0 Å². The van der Waals surface area contributed by atoms with E-state index in [0.29, 0.717) is 30.0 Å². The first kappa shape index (κ1) is 22.9. The summed E-state index contributed by atoms with van der Waals surface area (Å²) in [5.74, 6) is 1.05. The molecule has 0 aliphatic heterocycles. The van der Waals surface area contributed by atoms with E-state index in [1.165, 1.54) is 18.2 Å². The first-order valence-electron chi connectivity index (χ1n) is 10.2. The average molecular weight is 429 g/mol. The van der Waals surface area contributed by atoms with Crippen LogP contribution in [0.15, 0.2) is 42.5 Å². The predicted molar refractivity (Wildman–Crippen MR) is 116 cm³/mol. The van der Waals surface area contributed by atoms with Crippen LogP contribution < -0.4 is 5.32 Å². The number of nitrogens with one attached hydrogen (secondary N) is 1. The van der Waals surface area contributed by atoms with Gasteiger partial charge < -0.3 is 20.6 Å². The fourth-order valence-corrected chi connectivity index (χ4v) is 3.26. The third kappa shape index (κ3) is 5.88. The van der Waals surface area contributed by atoms with Gasteiger partial charge in [0.2, 0.25) is 0 Å². The molecule has 0 saturated carbocycles. The number of aliphatic hydroxyl groups excluding tert-OH is 2. The van der Waals surface area contributed by atoms with Gasteiger partial charge >= 0.3 is 0 Å². The van der Waals surface area contributed by atoms with E-state index in [-0.39, 0.29) is 23.7 Å². The molecule has 2 aromatic carbocycles. The Morgan fingerprint density at radius 2 is 1.87 bits per heavy atom. The highest BCUT2D eigenvalue weighted by Gasteiger charge is 2.21. The molecule has 0 amide bonds. The van der Waals surface area contributed by atoms with Crippen LogP contribution in [-0.2, 0) is 13.2 Å². The second kappa shape index (κ2) is 9.55. The van der Waals surface area contributed by atoms with Gasteiger partial charge in [0.25, 0.3) is 0 Å². The highest BCUT2D eigenvalue weighted by atomic mass is 19.1. The van der Waals surface area contributed by atoms with Crippen LogP contribution in [-0.4, -0.2) is 42.2 Å². The Kier molecular flexibility index (Phi) is 7.04. The number of rotatable bonds is 9. The van der Waals surface area contributed by atoms with Crippen molar-refractivity contribution in [3.63, 3.8) is 0 Å². The highest BCUT2D eigenvalue weighted by molar-refractivity contribution is 5.54. The topological polar surface area (TPSA) is 103 Å². The van der Waals surface area contributed by atoms with Gasteiger partial charge in [-0.25, -0.2) is 14.1 Å². The first-order chi connectivity index (χ1) is 14.7. The molecule has 1 aromatic heterocycles. The maximum atomic E-state index is 13.1. The molecule has 8 heteroatoms. The molecule has 0 fully saturated rings. The second-order valence-electron chi connectivity index (χ2n) is 8.29. The van der Waals surface area contributed by atoms with Crippen LogP contribution in [0.3, 0.4) is 0 Å². The minimum atomic E-state index is -0.775. The van der Waals surface area contributed by atoms with Crippen molar-refractivity contribution in [2.24, 2.45) is 0 Å². The molecule has 1 unspecified atom stereocenters. The monoisotopic (exact) mass is 428 g/mol. The molecule has 0 aliphatic rings. The predicted octanol–water partition coefficient (Wildman–Crippen LogP) is 3.08. The minimum Gasteiger partial charge on any atom is -0.508 e. The van der Waals surface area contributed by atoms with E-state index in [2.05, 4.69) is 15.4 Å².